The molecule has 0 bridgehead atoms. The minimum absolute atomic E-state index is 0.0559. The first kappa shape index (κ1) is 12.5. The second kappa shape index (κ2) is 4.83. The second-order valence-electron chi connectivity index (χ2n) is 5.41. The summed E-state index contributed by atoms with van der Waals surface area (Å²) in [6.45, 7) is 3.12. The summed E-state index contributed by atoms with van der Waals surface area (Å²) in [6.07, 6.45) is 3.73. The fourth-order valence-electron chi connectivity index (χ4n) is 3.50. The van der Waals surface area contributed by atoms with Crippen molar-refractivity contribution in [3.8, 4) is 0 Å². The lowest BCUT2D eigenvalue weighted by atomic mass is 9.88. The van der Waals surface area contributed by atoms with Gasteiger partial charge in [-0.3, -0.25) is 4.90 Å². The van der Waals surface area contributed by atoms with E-state index in [1.54, 1.807) is 0 Å². The number of hydrogen-bond donors (Lipinski definition) is 2. The number of benzene rings is 1. The van der Waals surface area contributed by atoms with Gasteiger partial charge in [0.05, 0.1) is 5.54 Å². The topological polar surface area (TPSA) is 41.3 Å². The van der Waals surface area contributed by atoms with E-state index < -0.39 is 0 Å². The third-order valence-corrected chi connectivity index (χ3v) is 5.16. The molecule has 0 amide bonds. The van der Waals surface area contributed by atoms with Crippen LogP contribution in [0.2, 0.25) is 0 Å². The lowest BCUT2D eigenvalue weighted by molar-refractivity contribution is 0.280. The average Bonchev–Trinajstić information content (AvgIpc) is 2.96. The molecule has 0 radical (unpaired) electrons. The Balaban J connectivity index is 1.87. The van der Waals surface area contributed by atoms with Crippen molar-refractivity contribution in [2.45, 2.75) is 30.8 Å². The maximum Gasteiger partial charge on any atom is 0.0662 e. The molecule has 2 heterocycles. The summed E-state index contributed by atoms with van der Waals surface area (Å²) in [5.41, 5.74) is 7.34. The molecule has 18 heavy (non-hydrogen) atoms. The van der Waals surface area contributed by atoms with Gasteiger partial charge in [0.2, 0.25) is 0 Å². The highest BCUT2D eigenvalue weighted by molar-refractivity contribution is 9.10. The largest absolute Gasteiger partial charge is 0.376 e. The number of para-hydroxylation sites is 1. The van der Waals surface area contributed by atoms with Crippen LogP contribution in [0.4, 0.5) is 5.69 Å². The fourth-order valence-corrected chi connectivity index (χ4v) is 3.88. The van der Waals surface area contributed by atoms with Crippen molar-refractivity contribution in [2.75, 3.05) is 25.0 Å². The van der Waals surface area contributed by atoms with Crippen molar-refractivity contribution in [1.29, 1.82) is 0 Å². The fraction of sp³-hybridized carbons (Fsp3) is 0.571. The van der Waals surface area contributed by atoms with E-state index in [2.05, 4.69) is 44.3 Å². The van der Waals surface area contributed by atoms with Gasteiger partial charge in [-0.2, -0.15) is 0 Å². The highest BCUT2D eigenvalue weighted by Gasteiger charge is 2.48. The summed E-state index contributed by atoms with van der Waals surface area (Å²) in [4.78, 5) is 2.59. The minimum Gasteiger partial charge on any atom is -0.376 e. The molecular formula is C14H20BrN3. The molecule has 2 aliphatic rings. The molecular weight excluding hydrogens is 290 g/mol. The Morgan fingerprint density at radius 3 is 3.00 bits per heavy atom. The lowest BCUT2D eigenvalue weighted by Crippen LogP contribution is -2.53. The quantitative estimate of drug-likeness (QED) is 0.901. The Labute approximate surface area is 117 Å². The van der Waals surface area contributed by atoms with E-state index in [9.17, 15) is 0 Å². The van der Waals surface area contributed by atoms with Crippen molar-refractivity contribution in [1.82, 2.24) is 4.90 Å². The molecule has 0 aliphatic carbocycles. The molecule has 2 aliphatic heterocycles. The Kier molecular flexibility index (Phi) is 3.34. The van der Waals surface area contributed by atoms with Gasteiger partial charge in [-0.15, -0.1) is 0 Å². The van der Waals surface area contributed by atoms with Crippen LogP contribution in [0, 0.1) is 0 Å². The Morgan fingerprint density at radius 1 is 1.39 bits per heavy atom. The van der Waals surface area contributed by atoms with Crippen LogP contribution in [0.25, 0.3) is 0 Å². The summed E-state index contributed by atoms with van der Waals surface area (Å²) >= 11 is 3.61. The molecule has 3 nitrogen and oxygen atoms in total. The molecule has 2 saturated heterocycles. The molecule has 4 heteroatoms. The maximum atomic E-state index is 6.12. The smallest absolute Gasteiger partial charge is 0.0662 e. The summed E-state index contributed by atoms with van der Waals surface area (Å²) in [5, 5.41) is 3.73. The minimum atomic E-state index is 0.0559. The maximum absolute atomic E-state index is 6.12. The highest BCUT2D eigenvalue weighted by atomic mass is 79.9. The molecule has 0 saturated carbocycles. The van der Waals surface area contributed by atoms with Gasteiger partial charge < -0.3 is 11.1 Å². The third kappa shape index (κ3) is 1.96. The molecule has 2 unspecified atom stereocenters. The van der Waals surface area contributed by atoms with E-state index in [1.165, 1.54) is 25.9 Å². The molecule has 0 aromatic heterocycles. The van der Waals surface area contributed by atoms with Crippen LogP contribution in [0.15, 0.2) is 28.7 Å². The van der Waals surface area contributed by atoms with Crippen LogP contribution in [-0.2, 0) is 0 Å². The van der Waals surface area contributed by atoms with E-state index in [1.807, 2.05) is 6.07 Å². The molecule has 1 aromatic carbocycles. The van der Waals surface area contributed by atoms with Gasteiger partial charge in [-0.05, 0) is 53.9 Å². The SMILES string of the molecule is NCC1(Nc2ccccc2Br)CCN2CCCC21. The first-order chi connectivity index (χ1) is 8.75. The zero-order chi connectivity index (χ0) is 12.6. The van der Waals surface area contributed by atoms with E-state index in [0.29, 0.717) is 12.6 Å². The Hall–Kier alpha value is -0.580. The monoisotopic (exact) mass is 309 g/mol. The van der Waals surface area contributed by atoms with Gasteiger partial charge >= 0.3 is 0 Å². The summed E-state index contributed by atoms with van der Waals surface area (Å²) < 4.78 is 1.12. The van der Waals surface area contributed by atoms with Crippen molar-refractivity contribution in [3.05, 3.63) is 28.7 Å². The third-order valence-electron chi connectivity index (χ3n) is 4.47. The van der Waals surface area contributed by atoms with E-state index in [-0.39, 0.29) is 5.54 Å². The number of nitrogens with two attached hydrogens (primary N) is 1. The van der Waals surface area contributed by atoms with E-state index in [4.69, 9.17) is 5.73 Å². The van der Waals surface area contributed by atoms with Crippen molar-refractivity contribution in [2.24, 2.45) is 5.73 Å². The normalized spacial score (nSPS) is 31.6. The van der Waals surface area contributed by atoms with Crippen LogP contribution in [-0.4, -0.2) is 36.1 Å². The van der Waals surface area contributed by atoms with Crippen LogP contribution in [0.3, 0.4) is 0 Å². The first-order valence-electron chi connectivity index (χ1n) is 6.72. The molecule has 3 rings (SSSR count). The summed E-state index contributed by atoms with van der Waals surface area (Å²) in [6, 6.07) is 8.92. The zero-order valence-electron chi connectivity index (χ0n) is 10.5. The van der Waals surface area contributed by atoms with Crippen LogP contribution in [0.5, 0.6) is 0 Å². The number of halogens is 1. The molecule has 1 aromatic rings. The zero-order valence-corrected chi connectivity index (χ0v) is 12.1. The Bertz CT molecular complexity index is 437. The predicted molar refractivity (Wildman–Crippen MR) is 78.8 cm³/mol. The molecule has 0 spiro atoms. The molecule has 2 fully saturated rings. The number of hydrogen-bond acceptors (Lipinski definition) is 3. The van der Waals surface area contributed by atoms with Crippen LogP contribution < -0.4 is 11.1 Å². The predicted octanol–water partition coefficient (Wildman–Crippen LogP) is 2.43. The summed E-state index contributed by atoms with van der Waals surface area (Å²) in [5.74, 6) is 0. The van der Waals surface area contributed by atoms with Crippen LogP contribution in [0.1, 0.15) is 19.3 Å². The van der Waals surface area contributed by atoms with E-state index >= 15 is 0 Å². The number of nitrogens with one attached hydrogen (secondary N) is 1. The second-order valence-corrected chi connectivity index (χ2v) is 6.26. The van der Waals surface area contributed by atoms with E-state index in [0.717, 1.165) is 16.6 Å². The van der Waals surface area contributed by atoms with Crippen molar-refractivity contribution in [3.63, 3.8) is 0 Å². The standard InChI is InChI=1S/C14H20BrN3/c15-11-4-1-2-5-12(11)17-14(10-16)7-9-18-8-3-6-13(14)18/h1-2,4-5,13,17H,3,6-10,16H2. The number of fused-ring (bicyclic) bond motifs is 1. The van der Waals surface area contributed by atoms with Crippen LogP contribution >= 0.6 is 15.9 Å². The lowest BCUT2D eigenvalue weighted by Gasteiger charge is -2.36. The van der Waals surface area contributed by atoms with Gasteiger partial charge in [-0.25, -0.2) is 0 Å². The number of nitrogens with zero attached hydrogens (tertiary/aromatic N) is 1. The van der Waals surface area contributed by atoms with Gasteiger partial charge in [0, 0.05) is 29.3 Å². The molecule has 98 valence electrons. The van der Waals surface area contributed by atoms with Gasteiger partial charge in [0.15, 0.2) is 0 Å². The van der Waals surface area contributed by atoms with Gasteiger partial charge in [0.25, 0.3) is 0 Å². The number of rotatable bonds is 3. The molecule has 2 atom stereocenters. The Morgan fingerprint density at radius 2 is 2.22 bits per heavy atom. The number of anilines is 1. The molecule has 3 N–H and O–H groups in total. The summed E-state index contributed by atoms with van der Waals surface area (Å²) in [7, 11) is 0. The van der Waals surface area contributed by atoms with Gasteiger partial charge in [0.1, 0.15) is 0 Å². The van der Waals surface area contributed by atoms with Crippen molar-refractivity contribution >= 4 is 21.6 Å². The first-order valence-corrected chi connectivity index (χ1v) is 7.51. The highest BCUT2D eigenvalue weighted by Crippen LogP contribution is 2.39. The average molecular weight is 310 g/mol. The van der Waals surface area contributed by atoms with Gasteiger partial charge in [-0.1, -0.05) is 12.1 Å². The van der Waals surface area contributed by atoms with Crippen molar-refractivity contribution < 1.29 is 0 Å².